The lowest BCUT2D eigenvalue weighted by Gasteiger charge is -2.08. The van der Waals surface area contributed by atoms with Crippen LogP contribution in [-0.2, 0) is 0 Å². The Labute approximate surface area is 152 Å². The molecule has 0 spiro atoms. The fourth-order valence-electron chi connectivity index (χ4n) is 1.95. The van der Waals surface area contributed by atoms with Crippen molar-refractivity contribution in [3.05, 3.63) is 62.4 Å². The summed E-state index contributed by atoms with van der Waals surface area (Å²) in [5, 5.41) is 15.9. The van der Waals surface area contributed by atoms with Gasteiger partial charge in [0.1, 0.15) is 0 Å². The number of hydrogen-bond acceptors (Lipinski definition) is 4. The van der Waals surface area contributed by atoms with Crippen LogP contribution in [-0.4, -0.2) is 4.98 Å². The number of benzene rings is 2. The first kappa shape index (κ1) is 16.1. The van der Waals surface area contributed by atoms with Gasteiger partial charge in [0, 0.05) is 16.0 Å². The van der Waals surface area contributed by atoms with Crippen molar-refractivity contribution in [2.75, 3.05) is 5.32 Å². The molecule has 0 amide bonds. The number of hydrogen-bond donors (Lipinski definition) is 1. The molecule has 0 aliphatic heterocycles. The summed E-state index contributed by atoms with van der Waals surface area (Å²) >= 11 is 19.6. The van der Waals surface area contributed by atoms with Crippen LogP contribution in [0, 0.1) is 11.3 Å². The standard InChI is InChI=1S/C16H8Cl3N3S/c17-11-5-12(18)15(13(19)6-11)22-16-21-14(8-23-16)10-3-1-9(7-20)2-4-10/h1-6,8H,(H,21,22). The maximum Gasteiger partial charge on any atom is 0.187 e. The second kappa shape index (κ2) is 6.77. The van der Waals surface area contributed by atoms with E-state index in [0.717, 1.165) is 11.3 Å². The molecule has 0 unspecified atom stereocenters. The monoisotopic (exact) mass is 379 g/mol. The SMILES string of the molecule is N#Cc1ccc(-c2csc(Nc3c(Cl)cc(Cl)cc3Cl)n2)cc1. The molecule has 1 N–H and O–H groups in total. The molecule has 114 valence electrons. The van der Waals surface area contributed by atoms with Gasteiger partial charge in [0.2, 0.25) is 0 Å². The van der Waals surface area contributed by atoms with E-state index in [-0.39, 0.29) is 0 Å². The van der Waals surface area contributed by atoms with Gasteiger partial charge in [0.25, 0.3) is 0 Å². The molecule has 0 saturated carbocycles. The van der Waals surface area contributed by atoms with Crippen LogP contribution in [0.3, 0.4) is 0 Å². The first-order valence-electron chi connectivity index (χ1n) is 6.44. The predicted molar refractivity (Wildman–Crippen MR) is 97.0 cm³/mol. The van der Waals surface area contributed by atoms with Crippen molar-refractivity contribution in [3.8, 4) is 17.3 Å². The van der Waals surface area contributed by atoms with Crippen LogP contribution in [0.4, 0.5) is 10.8 Å². The topological polar surface area (TPSA) is 48.7 Å². The van der Waals surface area contributed by atoms with E-state index in [1.165, 1.54) is 11.3 Å². The Hall–Kier alpha value is -1.77. The number of thiazole rings is 1. The van der Waals surface area contributed by atoms with E-state index in [2.05, 4.69) is 16.4 Å². The smallest absolute Gasteiger partial charge is 0.187 e. The lowest BCUT2D eigenvalue weighted by Crippen LogP contribution is -1.92. The number of halogens is 3. The van der Waals surface area contributed by atoms with Crippen LogP contribution in [0.5, 0.6) is 0 Å². The highest BCUT2D eigenvalue weighted by Gasteiger charge is 2.11. The van der Waals surface area contributed by atoms with Gasteiger partial charge in [-0.3, -0.25) is 0 Å². The molecule has 7 heteroatoms. The predicted octanol–water partition coefficient (Wildman–Crippen LogP) is 6.39. The molecule has 0 aliphatic carbocycles. The Balaban J connectivity index is 1.86. The highest BCUT2D eigenvalue weighted by atomic mass is 35.5. The van der Waals surface area contributed by atoms with Gasteiger partial charge in [0.15, 0.2) is 5.13 Å². The van der Waals surface area contributed by atoms with Gasteiger partial charge in [-0.1, -0.05) is 46.9 Å². The number of nitrogens with one attached hydrogen (secondary N) is 1. The van der Waals surface area contributed by atoms with Gasteiger partial charge in [0.05, 0.1) is 33.1 Å². The van der Waals surface area contributed by atoms with Crippen LogP contribution < -0.4 is 5.32 Å². The van der Waals surface area contributed by atoms with Crippen molar-refractivity contribution in [1.82, 2.24) is 4.98 Å². The summed E-state index contributed by atoms with van der Waals surface area (Å²) < 4.78 is 0. The molecule has 3 aromatic rings. The summed E-state index contributed by atoms with van der Waals surface area (Å²) in [6.07, 6.45) is 0. The lowest BCUT2D eigenvalue weighted by atomic mass is 10.1. The average molecular weight is 381 g/mol. The minimum atomic E-state index is 0.428. The average Bonchev–Trinajstić information content (AvgIpc) is 2.99. The highest BCUT2D eigenvalue weighted by Crippen LogP contribution is 2.37. The van der Waals surface area contributed by atoms with E-state index in [1.54, 1.807) is 24.3 Å². The fourth-order valence-corrected chi connectivity index (χ4v) is 3.58. The molecule has 2 aromatic carbocycles. The van der Waals surface area contributed by atoms with E-state index in [0.29, 0.717) is 31.5 Å². The quantitative estimate of drug-likeness (QED) is 0.573. The van der Waals surface area contributed by atoms with Gasteiger partial charge in [-0.15, -0.1) is 11.3 Å². The third-order valence-electron chi connectivity index (χ3n) is 3.05. The molecule has 0 bridgehead atoms. The molecular weight excluding hydrogens is 373 g/mol. The van der Waals surface area contributed by atoms with Crippen LogP contribution in [0.2, 0.25) is 15.1 Å². The van der Waals surface area contributed by atoms with E-state index in [1.807, 2.05) is 17.5 Å². The first-order chi connectivity index (χ1) is 11.1. The molecule has 3 nitrogen and oxygen atoms in total. The van der Waals surface area contributed by atoms with Crippen molar-refractivity contribution in [3.63, 3.8) is 0 Å². The van der Waals surface area contributed by atoms with Crippen LogP contribution in [0.25, 0.3) is 11.3 Å². The van der Waals surface area contributed by atoms with E-state index in [4.69, 9.17) is 40.1 Å². The van der Waals surface area contributed by atoms with Crippen LogP contribution in [0.15, 0.2) is 41.8 Å². The molecule has 0 fully saturated rings. The molecule has 0 saturated heterocycles. The van der Waals surface area contributed by atoms with Crippen molar-refractivity contribution < 1.29 is 0 Å². The van der Waals surface area contributed by atoms with E-state index >= 15 is 0 Å². The third-order valence-corrected chi connectivity index (χ3v) is 4.62. The second-order valence-corrected chi connectivity index (χ2v) is 6.71. The summed E-state index contributed by atoms with van der Waals surface area (Å²) in [6.45, 7) is 0. The molecule has 1 aromatic heterocycles. The van der Waals surface area contributed by atoms with Crippen molar-refractivity contribution >= 4 is 57.0 Å². The Bertz CT molecular complexity index is 875. The fraction of sp³-hybridized carbons (Fsp3) is 0. The normalized spacial score (nSPS) is 10.3. The Kier molecular flexibility index (Phi) is 4.74. The molecule has 0 atom stereocenters. The Morgan fingerprint density at radius 3 is 2.30 bits per heavy atom. The number of nitriles is 1. The summed E-state index contributed by atoms with van der Waals surface area (Å²) in [7, 11) is 0. The number of aromatic nitrogens is 1. The second-order valence-electron chi connectivity index (χ2n) is 4.60. The Morgan fingerprint density at radius 1 is 1.04 bits per heavy atom. The molecule has 23 heavy (non-hydrogen) atoms. The number of nitrogens with zero attached hydrogens (tertiary/aromatic N) is 2. The summed E-state index contributed by atoms with van der Waals surface area (Å²) in [4.78, 5) is 4.51. The van der Waals surface area contributed by atoms with E-state index < -0.39 is 0 Å². The van der Waals surface area contributed by atoms with Crippen molar-refractivity contribution in [1.29, 1.82) is 5.26 Å². The van der Waals surface area contributed by atoms with Gasteiger partial charge in [-0.05, 0) is 24.3 Å². The highest BCUT2D eigenvalue weighted by molar-refractivity contribution is 7.14. The van der Waals surface area contributed by atoms with Crippen LogP contribution in [0.1, 0.15) is 5.56 Å². The summed E-state index contributed by atoms with van der Waals surface area (Å²) in [5.41, 5.74) is 2.92. The minimum Gasteiger partial charge on any atom is -0.329 e. The van der Waals surface area contributed by atoms with Gasteiger partial charge in [-0.25, -0.2) is 4.98 Å². The Morgan fingerprint density at radius 2 is 1.70 bits per heavy atom. The maximum atomic E-state index is 8.83. The van der Waals surface area contributed by atoms with E-state index in [9.17, 15) is 0 Å². The van der Waals surface area contributed by atoms with Crippen molar-refractivity contribution in [2.24, 2.45) is 0 Å². The first-order valence-corrected chi connectivity index (χ1v) is 8.46. The van der Waals surface area contributed by atoms with Crippen molar-refractivity contribution in [2.45, 2.75) is 0 Å². The molecular formula is C16H8Cl3N3S. The van der Waals surface area contributed by atoms with Gasteiger partial charge >= 0.3 is 0 Å². The summed E-state index contributed by atoms with van der Waals surface area (Å²) in [5.74, 6) is 0. The van der Waals surface area contributed by atoms with Crippen LogP contribution >= 0.6 is 46.1 Å². The maximum absolute atomic E-state index is 8.83. The summed E-state index contributed by atoms with van der Waals surface area (Å²) in [6, 6.07) is 12.6. The minimum absolute atomic E-state index is 0.428. The molecule has 0 radical (unpaired) electrons. The largest absolute Gasteiger partial charge is 0.329 e. The van der Waals surface area contributed by atoms with Gasteiger partial charge < -0.3 is 5.32 Å². The zero-order valence-corrected chi connectivity index (χ0v) is 14.6. The number of anilines is 2. The zero-order valence-electron chi connectivity index (χ0n) is 11.5. The third kappa shape index (κ3) is 3.60. The zero-order chi connectivity index (χ0) is 16.4. The van der Waals surface area contributed by atoms with Gasteiger partial charge in [-0.2, -0.15) is 5.26 Å². The molecule has 0 aliphatic rings. The number of rotatable bonds is 3. The molecule has 1 heterocycles. The lowest BCUT2D eigenvalue weighted by molar-refractivity contribution is 1.38. The molecule has 3 rings (SSSR count).